The summed E-state index contributed by atoms with van der Waals surface area (Å²) in [5.41, 5.74) is 0.596. The highest BCUT2D eigenvalue weighted by Gasteiger charge is 2.16. The van der Waals surface area contributed by atoms with Crippen LogP contribution in [0.2, 0.25) is 0 Å². The van der Waals surface area contributed by atoms with Gasteiger partial charge in [-0.15, -0.1) is 0 Å². The lowest BCUT2D eigenvalue weighted by atomic mass is 10.1. The van der Waals surface area contributed by atoms with Crippen LogP contribution >= 0.6 is 15.9 Å². The minimum absolute atomic E-state index is 0.206. The van der Waals surface area contributed by atoms with Gasteiger partial charge < -0.3 is 0 Å². The van der Waals surface area contributed by atoms with Crippen molar-refractivity contribution in [1.29, 1.82) is 0 Å². The highest BCUT2D eigenvalue weighted by molar-refractivity contribution is 9.10. The number of carbonyl (C=O) groups excluding carboxylic acids is 1. The van der Waals surface area contributed by atoms with Crippen LogP contribution in [0, 0.1) is 0 Å². The highest BCUT2D eigenvalue weighted by Crippen LogP contribution is 2.22. The van der Waals surface area contributed by atoms with Gasteiger partial charge in [-0.05, 0) is 25.1 Å². The maximum Gasteiger partial charge on any atom is 0.301 e. The fraction of sp³-hybridized carbons (Fsp3) is 0.300. The summed E-state index contributed by atoms with van der Waals surface area (Å²) in [7, 11) is -0.782. The Bertz CT molecular complexity index is 540. The smallest absolute Gasteiger partial charge is 0.294 e. The number of nitrogens with one attached hydrogen (secondary N) is 1. The fourth-order valence-electron chi connectivity index (χ4n) is 1.13. The van der Waals surface area contributed by atoms with E-state index in [2.05, 4.69) is 20.7 Å². The minimum Gasteiger partial charge on any atom is -0.294 e. The molecule has 1 rings (SSSR count). The van der Waals surface area contributed by atoms with Crippen molar-refractivity contribution in [3.05, 3.63) is 28.2 Å². The minimum atomic E-state index is -3.60. The molecule has 1 aromatic rings. The van der Waals surface area contributed by atoms with E-state index in [-0.39, 0.29) is 11.5 Å². The summed E-state index contributed by atoms with van der Waals surface area (Å²) < 4.78 is 27.4. The molecule has 0 aliphatic carbocycles. The molecule has 0 fully saturated rings. The van der Waals surface area contributed by atoms with E-state index in [1.807, 2.05) is 0 Å². The zero-order valence-corrected chi connectivity index (χ0v) is 12.1. The van der Waals surface area contributed by atoms with Crippen molar-refractivity contribution in [1.82, 2.24) is 4.31 Å². The molecule has 7 heteroatoms. The van der Waals surface area contributed by atoms with Crippen LogP contribution in [0.15, 0.2) is 22.7 Å². The third-order valence-electron chi connectivity index (χ3n) is 2.08. The standard InChI is InChI=1S/C10H13BrN2O3S/c1-7(14)9-6-8(11)4-5-10(9)12-17(15,16)13(2)3/h4-6,12H,1-3H3. The van der Waals surface area contributed by atoms with Gasteiger partial charge in [-0.3, -0.25) is 9.52 Å². The van der Waals surface area contributed by atoms with Crippen LogP contribution in [0.3, 0.4) is 0 Å². The van der Waals surface area contributed by atoms with Crippen molar-refractivity contribution in [2.45, 2.75) is 6.92 Å². The molecule has 0 aromatic heterocycles. The van der Waals surface area contributed by atoms with Crippen molar-refractivity contribution in [2.75, 3.05) is 18.8 Å². The Balaban J connectivity index is 3.20. The van der Waals surface area contributed by atoms with Gasteiger partial charge in [-0.2, -0.15) is 12.7 Å². The molecule has 0 aliphatic heterocycles. The van der Waals surface area contributed by atoms with Crippen molar-refractivity contribution < 1.29 is 13.2 Å². The molecule has 0 heterocycles. The van der Waals surface area contributed by atoms with Crippen molar-refractivity contribution in [3.63, 3.8) is 0 Å². The first kappa shape index (κ1) is 14.1. The Morgan fingerprint density at radius 3 is 2.41 bits per heavy atom. The van der Waals surface area contributed by atoms with Crippen molar-refractivity contribution in [3.8, 4) is 0 Å². The lowest BCUT2D eigenvalue weighted by molar-refractivity contribution is 0.101. The molecular weight excluding hydrogens is 308 g/mol. The van der Waals surface area contributed by atoms with Gasteiger partial charge in [-0.25, -0.2) is 0 Å². The molecule has 5 nitrogen and oxygen atoms in total. The van der Waals surface area contributed by atoms with Gasteiger partial charge in [0, 0.05) is 24.1 Å². The molecule has 0 aliphatic rings. The van der Waals surface area contributed by atoms with E-state index in [1.54, 1.807) is 18.2 Å². The molecule has 0 spiro atoms. The molecule has 1 N–H and O–H groups in total. The van der Waals surface area contributed by atoms with E-state index < -0.39 is 10.2 Å². The first-order valence-electron chi connectivity index (χ1n) is 4.75. The lowest BCUT2D eigenvalue weighted by Gasteiger charge is -2.15. The zero-order chi connectivity index (χ0) is 13.2. The molecule has 1 aromatic carbocycles. The van der Waals surface area contributed by atoms with Crippen molar-refractivity contribution >= 4 is 37.6 Å². The van der Waals surface area contributed by atoms with Crippen LogP contribution in [-0.4, -0.2) is 32.6 Å². The Labute approximate surface area is 109 Å². The van der Waals surface area contributed by atoms with Gasteiger partial charge in [0.1, 0.15) is 0 Å². The number of hydrogen-bond acceptors (Lipinski definition) is 3. The molecule has 0 saturated heterocycles. The number of carbonyl (C=O) groups is 1. The Kier molecular flexibility index (Phi) is 4.29. The molecule has 0 saturated carbocycles. The summed E-state index contributed by atoms with van der Waals surface area (Å²) >= 11 is 3.23. The van der Waals surface area contributed by atoms with E-state index in [0.29, 0.717) is 5.56 Å². The first-order valence-corrected chi connectivity index (χ1v) is 6.98. The maximum absolute atomic E-state index is 11.7. The second kappa shape index (κ2) is 5.16. The second-order valence-corrected chi connectivity index (χ2v) is 6.44. The summed E-state index contributed by atoms with van der Waals surface area (Å²) in [6.45, 7) is 1.38. The average Bonchev–Trinajstić information content (AvgIpc) is 2.19. The third kappa shape index (κ3) is 3.52. The summed E-state index contributed by atoms with van der Waals surface area (Å²) in [6, 6.07) is 4.79. The van der Waals surface area contributed by atoms with Crippen LogP contribution in [0.25, 0.3) is 0 Å². The summed E-state index contributed by atoms with van der Waals surface area (Å²) in [5, 5.41) is 0. The van der Waals surface area contributed by atoms with Gasteiger partial charge in [0.15, 0.2) is 5.78 Å². The first-order chi connectivity index (χ1) is 7.74. The third-order valence-corrected chi connectivity index (χ3v) is 4.01. The predicted molar refractivity (Wildman–Crippen MR) is 70.4 cm³/mol. The summed E-state index contributed by atoms with van der Waals surface area (Å²) in [6.07, 6.45) is 0. The predicted octanol–water partition coefficient (Wildman–Crippen LogP) is 1.87. The van der Waals surface area contributed by atoms with Crippen LogP contribution in [0.5, 0.6) is 0 Å². The topological polar surface area (TPSA) is 66.5 Å². The molecule has 0 unspecified atom stereocenters. The van der Waals surface area contributed by atoms with Crippen LogP contribution < -0.4 is 4.72 Å². The number of halogens is 1. The number of anilines is 1. The van der Waals surface area contributed by atoms with Crippen LogP contribution in [-0.2, 0) is 10.2 Å². The fourth-order valence-corrected chi connectivity index (χ4v) is 2.13. The highest BCUT2D eigenvalue weighted by atomic mass is 79.9. The average molecular weight is 321 g/mol. The second-order valence-electron chi connectivity index (χ2n) is 3.64. The van der Waals surface area contributed by atoms with E-state index >= 15 is 0 Å². The van der Waals surface area contributed by atoms with Gasteiger partial charge in [-0.1, -0.05) is 15.9 Å². The number of ketones is 1. The monoisotopic (exact) mass is 320 g/mol. The van der Waals surface area contributed by atoms with Crippen molar-refractivity contribution in [2.24, 2.45) is 0 Å². The normalized spacial score (nSPS) is 11.6. The number of benzene rings is 1. The van der Waals surface area contributed by atoms with E-state index in [0.717, 1.165) is 8.78 Å². The zero-order valence-electron chi connectivity index (χ0n) is 9.69. The lowest BCUT2D eigenvalue weighted by Crippen LogP contribution is -2.29. The maximum atomic E-state index is 11.7. The Morgan fingerprint density at radius 1 is 1.35 bits per heavy atom. The quantitative estimate of drug-likeness (QED) is 0.861. The molecule has 17 heavy (non-hydrogen) atoms. The molecule has 0 amide bonds. The number of rotatable bonds is 4. The van der Waals surface area contributed by atoms with E-state index in [9.17, 15) is 13.2 Å². The molecule has 94 valence electrons. The Morgan fingerprint density at radius 2 is 1.94 bits per heavy atom. The Hall–Kier alpha value is -0.920. The molecule has 0 bridgehead atoms. The van der Waals surface area contributed by atoms with Crippen LogP contribution in [0.1, 0.15) is 17.3 Å². The van der Waals surface area contributed by atoms with Gasteiger partial charge in [0.25, 0.3) is 0 Å². The summed E-state index contributed by atoms with van der Waals surface area (Å²) in [4.78, 5) is 11.4. The largest absolute Gasteiger partial charge is 0.301 e. The molecule has 0 atom stereocenters. The van der Waals surface area contributed by atoms with E-state index in [1.165, 1.54) is 21.0 Å². The summed E-state index contributed by atoms with van der Waals surface area (Å²) in [5.74, 6) is -0.206. The van der Waals surface area contributed by atoms with Gasteiger partial charge in [0.2, 0.25) is 0 Å². The number of Topliss-reactive ketones (excluding diaryl/α,β-unsaturated/α-hetero) is 1. The van der Waals surface area contributed by atoms with Crippen LogP contribution in [0.4, 0.5) is 5.69 Å². The number of nitrogens with zero attached hydrogens (tertiary/aromatic N) is 1. The van der Waals surface area contributed by atoms with Gasteiger partial charge >= 0.3 is 10.2 Å². The molecule has 0 radical (unpaired) electrons. The number of hydrogen-bond donors (Lipinski definition) is 1. The SMILES string of the molecule is CC(=O)c1cc(Br)ccc1NS(=O)(=O)N(C)C. The van der Waals surface area contributed by atoms with E-state index in [4.69, 9.17) is 0 Å². The molecular formula is C10H13BrN2O3S. The van der Waals surface area contributed by atoms with Gasteiger partial charge in [0.05, 0.1) is 5.69 Å².